The molecule has 28 heavy (non-hydrogen) atoms. The highest BCUT2D eigenvalue weighted by Crippen LogP contribution is 2.30. The number of methoxy groups -OCH3 is 1. The molecule has 1 aromatic heterocycles. The van der Waals surface area contributed by atoms with E-state index in [0.717, 1.165) is 16.2 Å². The Bertz CT molecular complexity index is 960. The molecular weight excluding hydrogens is 369 g/mol. The van der Waals surface area contributed by atoms with Crippen molar-refractivity contribution >= 4 is 16.7 Å². The van der Waals surface area contributed by atoms with E-state index in [4.69, 9.17) is 4.74 Å². The fourth-order valence-corrected chi connectivity index (χ4v) is 3.12. The monoisotopic (exact) mass is 391 g/mol. The number of halogens is 3. The van der Waals surface area contributed by atoms with Gasteiger partial charge in [0, 0.05) is 5.39 Å². The molecule has 3 rings (SSSR count). The van der Waals surface area contributed by atoms with Gasteiger partial charge < -0.3 is 15.0 Å². The second-order valence-electron chi connectivity index (χ2n) is 6.66. The molecule has 1 heterocycles. The average Bonchev–Trinajstić information content (AvgIpc) is 2.67. The Morgan fingerprint density at radius 2 is 1.71 bits per heavy atom. The van der Waals surface area contributed by atoms with Gasteiger partial charge in [0.25, 0.3) is 0 Å². The summed E-state index contributed by atoms with van der Waals surface area (Å²) in [6.45, 7) is 0.376. The minimum Gasteiger partial charge on any atom is -0.496 e. The number of aromatic nitrogens is 2. The highest BCUT2D eigenvalue weighted by atomic mass is 19.4. The van der Waals surface area contributed by atoms with Crippen LogP contribution in [0.2, 0.25) is 0 Å². The Labute approximate surface area is 161 Å². The zero-order valence-electron chi connectivity index (χ0n) is 15.8. The predicted molar refractivity (Wildman–Crippen MR) is 102 cm³/mol. The molecule has 2 aromatic carbocycles. The second kappa shape index (κ2) is 8.02. The number of rotatable bonds is 6. The van der Waals surface area contributed by atoms with Crippen LogP contribution in [0.1, 0.15) is 17.4 Å². The van der Waals surface area contributed by atoms with E-state index in [1.54, 1.807) is 31.4 Å². The van der Waals surface area contributed by atoms with Crippen molar-refractivity contribution in [3.8, 4) is 5.75 Å². The minimum atomic E-state index is -4.62. The fourth-order valence-electron chi connectivity index (χ4n) is 3.12. The number of hydrogen-bond acceptors (Lipinski definition) is 4. The smallest absolute Gasteiger partial charge is 0.451 e. The number of fused-ring (bicyclic) bond motifs is 1. The van der Waals surface area contributed by atoms with Crippen molar-refractivity contribution in [3.05, 3.63) is 59.9 Å². The van der Waals surface area contributed by atoms with Crippen LogP contribution in [0.4, 0.5) is 19.0 Å². The lowest BCUT2D eigenvalue weighted by Gasteiger charge is -2.24. The molecule has 0 saturated carbocycles. The molecule has 8 heteroatoms. The van der Waals surface area contributed by atoms with Crippen LogP contribution in [0.25, 0.3) is 10.9 Å². The van der Waals surface area contributed by atoms with Crippen LogP contribution in [0.15, 0.2) is 48.5 Å². The van der Waals surface area contributed by atoms with Crippen molar-refractivity contribution in [3.63, 3.8) is 0 Å². The summed E-state index contributed by atoms with van der Waals surface area (Å²) in [5.41, 5.74) is 1.21. The van der Waals surface area contributed by atoms with Gasteiger partial charge in [-0.1, -0.05) is 24.3 Å². The van der Waals surface area contributed by atoms with Crippen molar-refractivity contribution in [2.24, 2.45) is 0 Å². The number of likely N-dealkylation sites (N-methyl/N-ethyl adjacent to an activating group) is 1. The number of nitrogens with one attached hydrogen (secondary N) is 2. The topological polar surface area (TPSA) is 51.5 Å². The standard InChI is InChI=1S/C20H21F3N4O/c1-27(2)16(14-9-5-7-11-17(14)28-3)12-24-18-13-8-4-6-10-15(13)25-19(26-18)20(21,22)23/h4-11,16H,12H2,1-3H3,(H,24,25,26)/p+1/t16-/m1/s1. The van der Waals surface area contributed by atoms with Gasteiger partial charge in [-0.05, 0) is 24.3 Å². The Morgan fingerprint density at radius 3 is 2.39 bits per heavy atom. The van der Waals surface area contributed by atoms with Crippen LogP contribution in [0, 0.1) is 0 Å². The molecule has 0 spiro atoms. The SMILES string of the molecule is COc1ccccc1[C@@H](CNc1nc(C(F)(F)F)nc2ccccc12)[NH+](C)C. The molecule has 0 aliphatic heterocycles. The van der Waals surface area contributed by atoms with Crippen LogP contribution < -0.4 is 15.0 Å². The number of nitrogens with zero attached hydrogens (tertiary/aromatic N) is 2. The van der Waals surface area contributed by atoms with Crippen molar-refractivity contribution in [2.75, 3.05) is 33.1 Å². The summed E-state index contributed by atoms with van der Waals surface area (Å²) in [4.78, 5) is 8.51. The normalized spacial score (nSPS) is 13.0. The molecule has 0 unspecified atom stereocenters. The lowest BCUT2D eigenvalue weighted by Crippen LogP contribution is -3.06. The Morgan fingerprint density at radius 1 is 1.04 bits per heavy atom. The molecule has 148 valence electrons. The zero-order valence-corrected chi connectivity index (χ0v) is 15.8. The fraction of sp³-hybridized carbons (Fsp3) is 0.300. The van der Waals surface area contributed by atoms with Gasteiger partial charge in [0.1, 0.15) is 17.6 Å². The van der Waals surface area contributed by atoms with E-state index in [1.807, 2.05) is 38.4 Å². The zero-order chi connectivity index (χ0) is 20.3. The molecular formula is C20H22F3N4O+. The Hall–Kier alpha value is -2.87. The van der Waals surface area contributed by atoms with E-state index in [2.05, 4.69) is 15.3 Å². The predicted octanol–water partition coefficient (Wildman–Crippen LogP) is 2.95. The van der Waals surface area contributed by atoms with Gasteiger partial charge in [0.15, 0.2) is 0 Å². The van der Waals surface area contributed by atoms with Gasteiger partial charge >= 0.3 is 6.18 Å². The second-order valence-corrected chi connectivity index (χ2v) is 6.66. The number of quaternary nitrogens is 1. The molecule has 0 bridgehead atoms. The van der Waals surface area contributed by atoms with E-state index < -0.39 is 12.0 Å². The number of anilines is 1. The number of ether oxygens (including phenoxy) is 1. The van der Waals surface area contributed by atoms with Crippen LogP contribution in [0.3, 0.4) is 0 Å². The Kier molecular flexibility index (Phi) is 5.69. The van der Waals surface area contributed by atoms with Crippen molar-refractivity contribution < 1.29 is 22.8 Å². The van der Waals surface area contributed by atoms with Gasteiger partial charge in [0.05, 0.1) is 38.8 Å². The van der Waals surface area contributed by atoms with E-state index in [9.17, 15) is 13.2 Å². The number of alkyl halides is 3. The molecule has 0 aliphatic rings. The van der Waals surface area contributed by atoms with Crippen LogP contribution in [-0.2, 0) is 6.18 Å². The molecule has 0 saturated heterocycles. The molecule has 2 N–H and O–H groups in total. The summed E-state index contributed by atoms with van der Waals surface area (Å²) in [5, 5.41) is 3.65. The highest BCUT2D eigenvalue weighted by molar-refractivity contribution is 5.89. The maximum absolute atomic E-state index is 13.2. The first kappa shape index (κ1) is 19.9. The minimum absolute atomic E-state index is 0.0563. The third-order valence-corrected chi connectivity index (χ3v) is 4.54. The number of para-hydroxylation sites is 2. The van der Waals surface area contributed by atoms with Crippen molar-refractivity contribution in [1.82, 2.24) is 9.97 Å². The molecule has 0 aliphatic carbocycles. The van der Waals surface area contributed by atoms with Gasteiger partial charge in [-0.3, -0.25) is 0 Å². The van der Waals surface area contributed by atoms with Crippen LogP contribution in [-0.4, -0.2) is 37.7 Å². The highest BCUT2D eigenvalue weighted by Gasteiger charge is 2.35. The average molecular weight is 391 g/mol. The molecule has 0 radical (unpaired) electrons. The maximum Gasteiger partial charge on any atom is 0.451 e. The van der Waals surface area contributed by atoms with Crippen LogP contribution >= 0.6 is 0 Å². The van der Waals surface area contributed by atoms with E-state index in [0.29, 0.717) is 11.9 Å². The largest absolute Gasteiger partial charge is 0.496 e. The molecule has 5 nitrogen and oxygen atoms in total. The van der Waals surface area contributed by atoms with E-state index >= 15 is 0 Å². The van der Waals surface area contributed by atoms with Gasteiger partial charge in [-0.25, -0.2) is 9.97 Å². The van der Waals surface area contributed by atoms with Gasteiger partial charge in [-0.15, -0.1) is 0 Å². The molecule has 3 aromatic rings. The summed E-state index contributed by atoms with van der Waals surface area (Å²) in [6, 6.07) is 14.2. The summed E-state index contributed by atoms with van der Waals surface area (Å²) < 4.78 is 45.1. The first-order valence-electron chi connectivity index (χ1n) is 8.82. The maximum atomic E-state index is 13.2. The Balaban J connectivity index is 1.97. The lowest BCUT2D eigenvalue weighted by atomic mass is 10.0. The van der Waals surface area contributed by atoms with Gasteiger partial charge in [-0.2, -0.15) is 13.2 Å². The number of hydrogen-bond donors (Lipinski definition) is 2. The van der Waals surface area contributed by atoms with Crippen LogP contribution in [0.5, 0.6) is 5.75 Å². The van der Waals surface area contributed by atoms with E-state index in [-0.39, 0.29) is 17.4 Å². The summed E-state index contributed by atoms with van der Waals surface area (Å²) in [7, 11) is 5.57. The third kappa shape index (κ3) is 4.17. The lowest BCUT2D eigenvalue weighted by molar-refractivity contribution is -0.890. The molecule has 1 atom stereocenters. The summed E-state index contributed by atoms with van der Waals surface area (Å²) >= 11 is 0. The summed E-state index contributed by atoms with van der Waals surface area (Å²) in [6.07, 6.45) is -4.62. The summed E-state index contributed by atoms with van der Waals surface area (Å²) in [5.74, 6) is -0.252. The first-order valence-corrected chi connectivity index (χ1v) is 8.82. The first-order chi connectivity index (χ1) is 13.3. The molecule has 0 fully saturated rings. The van der Waals surface area contributed by atoms with Crippen molar-refractivity contribution in [2.45, 2.75) is 12.2 Å². The third-order valence-electron chi connectivity index (χ3n) is 4.54. The molecule has 0 amide bonds. The van der Waals surface area contributed by atoms with Crippen molar-refractivity contribution in [1.29, 1.82) is 0 Å². The van der Waals surface area contributed by atoms with Gasteiger partial charge in [0.2, 0.25) is 5.82 Å². The quantitative estimate of drug-likeness (QED) is 0.679. The number of benzene rings is 2. The van der Waals surface area contributed by atoms with E-state index in [1.165, 1.54) is 0 Å².